The van der Waals surface area contributed by atoms with Crippen molar-refractivity contribution >= 4 is 0 Å². The number of rotatable bonds is 7. The Balaban J connectivity index is 1.99. The van der Waals surface area contributed by atoms with Gasteiger partial charge < -0.3 is 5.32 Å². The van der Waals surface area contributed by atoms with Crippen molar-refractivity contribution in [3.63, 3.8) is 0 Å². The number of aromatic nitrogens is 2. The van der Waals surface area contributed by atoms with E-state index < -0.39 is 0 Å². The number of nitrogens with one attached hydrogen (secondary N) is 1. The van der Waals surface area contributed by atoms with Gasteiger partial charge in [-0.05, 0) is 50.0 Å². The zero-order valence-electron chi connectivity index (χ0n) is 11.9. The highest BCUT2D eigenvalue weighted by Crippen LogP contribution is 2.11. The van der Waals surface area contributed by atoms with Gasteiger partial charge in [0, 0.05) is 6.20 Å². The Hall–Kier alpha value is -1.61. The summed E-state index contributed by atoms with van der Waals surface area (Å²) in [4.78, 5) is 0. The van der Waals surface area contributed by atoms with Gasteiger partial charge in [-0.2, -0.15) is 5.10 Å². The van der Waals surface area contributed by atoms with Gasteiger partial charge in [0.15, 0.2) is 0 Å². The van der Waals surface area contributed by atoms with E-state index in [1.807, 2.05) is 23.9 Å². The summed E-state index contributed by atoms with van der Waals surface area (Å²) in [5.74, 6) is 0. The number of hydrogen-bond acceptors (Lipinski definition) is 2. The molecule has 102 valence electrons. The van der Waals surface area contributed by atoms with Gasteiger partial charge in [-0.25, -0.2) is 0 Å². The van der Waals surface area contributed by atoms with Crippen molar-refractivity contribution in [2.45, 2.75) is 33.2 Å². The summed E-state index contributed by atoms with van der Waals surface area (Å²) in [6, 6.07) is 10.7. The third-order valence-electron chi connectivity index (χ3n) is 3.22. The minimum atomic E-state index is 0.859. The molecule has 0 radical (unpaired) electrons. The highest BCUT2D eigenvalue weighted by molar-refractivity contribution is 5.27. The minimum absolute atomic E-state index is 0.859. The van der Waals surface area contributed by atoms with Crippen LogP contribution in [0.2, 0.25) is 0 Å². The topological polar surface area (TPSA) is 29.9 Å². The van der Waals surface area contributed by atoms with E-state index in [9.17, 15) is 0 Å². The van der Waals surface area contributed by atoms with Gasteiger partial charge in [0.1, 0.15) is 0 Å². The zero-order valence-corrected chi connectivity index (χ0v) is 11.9. The molecule has 1 heterocycles. The normalized spacial score (nSPS) is 10.8. The highest BCUT2D eigenvalue weighted by Gasteiger charge is 2.03. The van der Waals surface area contributed by atoms with Crippen molar-refractivity contribution in [1.82, 2.24) is 15.1 Å². The molecule has 3 nitrogen and oxygen atoms in total. The molecule has 0 saturated heterocycles. The maximum absolute atomic E-state index is 4.46. The lowest BCUT2D eigenvalue weighted by Crippen LogP contribution is -2.18. The van der Waals surface area contributed by atoms with Crippen LogP contribution in [0.1, 0.15) is 30.2 Å². The van der Waals surface area contributed by atoms with E-state index in [-0.39, 0.29) is 0 Å². The van der Waals surface area contributed by atoms with Crippen LogP contribution in [0.4, 0.5) is 0 Å². The minimum Gasteiger partial charge on any atom is -0.316 e. The Morgan fingerprint density at radius 2 is 1.89 bits per heavy atom. The number of nitrogens with zero attached hydrogens (tertiary/aromatic N) is 2. The van der Waals surface area contributed by atoms with Crippen LogP contribution in [-0.4, -0.2) is 22.9 Å². The number of benzene rings is 1. The fourth-order valence-corrected chi connectivity index (χ4v) is 2.21. The quantitative estimate of drug-likeness (QED) is 0.773. The number of hydrogen-bond donors (Lipinski definition) is 1. The Kier molecular flexibility index (Phi) is 5.16. The van der Waals surface area contributed by atoms with Crippen LogP contribution in [-0.2, 0) is 13.0 Å². The zero-order chi connectivity index (χ0) is 13.5. The van der Waals surface area contributed by atoms with E-state index in [0.717, 1.165) is 31.7 Å². The summed E-state index contributed by atoms with van der Waals surface area (Å²) in [6.07, 6.45) is 4.31. The van der Waals surface area contributed by atoms with Crippen LogP contribution >= 0.6 is 0 Å². The molecular weight excluding hydrogens is 234 g/mol. The lowest BCUT2D eigenvalue weighted by Gasteiger charge is -2.10. The van der Waals surface area contributed by atoms with Crippen LogP contribution in [0.3, 0.4) is 0 Å². The molecule has 0 bridgehead atoms. The van der Waals surface area contributed by atoms with Gasteiger partial charge in [-0.3, -0.25) is 4.68 Å². The second-order valence-electron chi connectivity index (χ2n) is 4.92. The maximum Gasteiger partial charge on any atom is 0.0662 e. The number of aryl methyl sites for hydroxylation is 1. The third-order valence-corrected chi connectivity index (χ3v) is 3.22. The summed E-state index contributed by atoms with van der Waals surface area (Å²) in [5, 5.41) is 7.91. The van der Waals surface area contributed by atoms with E-state index in [2.05, 4.69) is 41.6 Å². The average Bonchev–Trinajstić information content (AvgIpc) is 2.82. The molecule has 1 aromatic heterocycles. The van der Waals surface area contributed by atoms with Gasteiger partial charge in [0.2, 0.25) is 0 Å². The van der Waals surface area contributed by atoms with Crippen molar-refractivity contribution in [3.8, 4) is 0 Å². The van der Waals surface area contributed by atoms with Crippen LogP contribution in [0.5, 0.6) is 0 Å². The van der Waals surface area contributed by atoms with Crippen LogP contribution in [0, 0.1) is 6.92 Å². The molecule has 0 aliphatic heterocycles. The van der Waals surface area contributed by atoms with Crippen molar-refractivity contribution in [2.75, 3.05) is 13.1 Å². The molecule has 2 aromatic rings. The Morgan fingerprint density at radius 1 is 1.11 bits per heavy atom. The van der Waals surface area contributed by atoms with Crippen LogP contribution in [0.15, 0.2) is 36.5 Å². The molecule has 1 N–H and O–H groups in total. The third kappa shape index (κ3) is 4.21. The van der Waals surface area contributed by atoms with Crippen LogP contribution in [0.25, 0.3) is 0 Å². The van der Waals surface area contributed by atoms with Crippen molar-refractivity contribution in [3.05, 3.63) is 53.3 Å². The summed E-state index contributed by atoms with van der Waals surface area (Å²) in [5.41, 5.74) is 3.85. The fraction of sp³-hybridized carbons (Fsp3) is 0.438. The Morgan fingerprint density at radius 3 is 2.58 bits per heavy atom. The fourth-order valence-electron chi connectivity index (χ4n) is 2.21. The second kappa shape index (κ2) is 7.10. The highest BCUT2D eigenvalue weighted by atomic mass is 15.3. The average molecular weight is 257 g/mol. The second-order valence-corrected chi connectivity index (χ2v) is 4.92. The first-order valence-corrected chi connectivity index (χ1v) is 7.07. The first-order valence-electron chi connectivity index (χ1n) is 7.07. The van der Waals surface area contributed by atoms with E-state index >= 15 is 0 Å². The van der Waals surface area contributed by atoms with Gasteiger partial charge in [-0.15, -0.1) is 0 Å². The van der Waals surface area contributed by atoms with E-state index in [0.29, 0.717) is 0 Å². The summed E-state index contributed by atoms with van der Waals surface area (Å²) in [7, 11) is 0. The molecule has 0 aliphatic carbocycles. The molecular formula is C16H23N3. The van der Waals surface area contributed by atoms with Gasteiger partial charge in [0.05, 0.1) is 12.2 Å². The van der Waals surface area contributed by atoms with E-state index in [1.165, 1.54) is 17.5 Å². The summed E-state index contributed by atoms with van der Waals surface area (Å²) in [6.45, 7) is 7.22. The molecule has 0 spiro atoms. The largest absolute Gasteiger partial charge is 0.316 e. The molecule has 2 rings (SSSR count). The predicted molar refractivity (Wildman–Crippen MR) is 79.4 cm³/mol. The molecule has 0 fully saturated rings. The lowest BCUT2D eigenvalue weighted by atomic mass is 10.0. The van der Waals surface area contributed by atoms with Crippen molar-refractivity contribution in [2.24, 2.45) is 0 Å². The molecule has 0 amide bonds. The smallest absolute Gasteiger partial charge is 0.0662 e. The van der Waals surface area contributed by atoms with Gasteiger partial charge in [0.25, 0.3) is 0 Å². The standard InChI is InChI=1S/C16H23N3/c1-3-10-17-11-8-15-6-4-5-7-16(15)13-19-12-9-14(2)18-19/h4-7,9,12,17H,3,8,10-11,13H2,1-2H3. The predicted octanol–water partition coefficient (Wildman–Crippen LogP) is 2.78. The summed E-state index contributed by atoms with van der Waals surface area (Å²) >= 11 is 0. The SMILES string of the molecule is CCCNCCc1ccccc1Cn1ccc(C)n1. The summed E-state index contributed by atoms with van der Waals surface area (Å²) < 4.78 is 2.01. The van der Waals surface area contributed by atoms with Gasteiger partial charge in [-0.1, -0.05) is 31.2 Å². The first kappa shape index (κ1) is 13.8. The molecule has 0 aliphatic rings. The molecule has 19 heavy (non-hydrogen) atoms. The first-order chi connectivity index (χ1) is 9.29. The lowest BCUT2D eigenvalue weighted by molar-refractivity contribution is 0.653. The Bertz CT molecular complexity index is 502. The van der Waals surface area contributed by atoms with E-state index in [1.54, 1.807) is 0 Å². The van der Waals surface area contributed by atoms with Crippen molar-refractivity contribution in [1.29, 1.82) is 0 Å². The van der Waals surface area contributed by atoms with Gasteiger partial charge >= 0.3 is 0 Å². The monoisotopic (exact) mass is 257 g/mol. The molecule has 3 heteroatoms. The molecule has 0 saturated carbocycles. The van der Waals surface area contributed by atoms with Crippen LogP contribution < -0.4 is 5.32 Å². The van der Waals surface area contributed by atoms with Crippen molar-refractivity contribution < 1.29 is 0 Å². The Labute approximate surface area is 115 Å². The molecule has 1 aromatic carbocycles. The molecule has 0 atom stereocenters. The van der Waals surface area contributed by atoms with E-state index in [4.69, 9.17) is 0 Å². The molecule has 0 unspecified atom stereocenters. The maximum atomic E-state index is 4.46.